The molecule has 1 N–H and O–H groups in total. The maximum atomic E-state index is 6.38. The molecule has 0 saturated carbocycles. The number of anilines is 1. The Kier molecular flexibility index (Phi) is 4.76. The van der Waals surface area contributed by atoms with E-state index >= 15 is 0 Å². The van der Waals surface area contributed by atoms with Gasteiger partial charge in [-0.3, -0.25) is 4.98 Å². The van der Waals surface area contributed by atoms with E-state index in [2.05, 4.69) is 25.8 Å². The summed E-state index contributed by atoms with van der Waals surface area (Å²) in [5.41, 5.74) is 2.97. The van der Waals surface area contributed by atoms with Gasteiger partial charge in [-0.05, 0) is 54.7 Å². The summed E-state index contributed by atoms with van der Waals surface area (Å²) in [5.74, 6) is 0.634. The molecule has 0 bridgehead atoms. The van der Waals surface area contributed by atoms with Gasteiger partial charge in [-0.25, -0.2) is 0 Å². The minimum atomic E-state index is -0.0758. The Hall–Kier alpha value is -2.57. The molecule has 3 heterocycles. The minimum absolute atomic E-state index is 0.0585. The Morgan fingerprint density at radius 3 is 2.67 bits per heavy atom. The molecule has 138 valence electrons. The van der Waals surface area contributed by atoms with Gasteiger partial charge in [-0.2, -0.15) is 0 Å². The normalized spacial score (nSPS) is 19.2. The fraction of sp³-hybridized carbons (Fsp3) is 0.200. The lowest BCUT2D eigenvalue weighted by atomic mass is 10.0. The van der Waals surface area contributed by atoms with Crippen LogP contribution in [0.3, 0.4) is 0 Å². The molecule has 0 radical (unpaired) electrons. The number of benzene rings is 1. The van der Waals surface area contributed by atoms with Crippen LogP contribution in [0, 0.1) is 0 Å². The van der Waals surface area contributed by atoms with E-state index in [1.165, 1.54) is 0 Å². The molecule has 1 aromatic carbocycles. The van der Waals surface area contributed by atoms with Crippen molar-refractivity contribution in [3.8, 4) is 5.75 Å². The summed E-state index contributed by atoms with van der Waals surface area (Å²) in [7, 11) is 3.64. The van der Waals surface area contributed by atoms with Crippen LogP contribution in [0.1, 0.15) is 23.5 Å². The van der Waals surface area contributed by atoms with Gasteiger partial charge in [-0.1, -0.05) is 17.7 Å². The van der Waals surface area contributed by atoms with Crippen LogP contribution in [0.15, 0.2) is 60.9 Å². The van der Waals surface area contributed by atoms with Crippen LogP contribution in [0.2, 0.25) is 5.02 Å². The number of rotatable bonds is 4. The fourth-order valence-corrected chi connectivity index (χ4v) is 4.12. The molecule has 2 atom stereocenters. The number of aromatic nitrogens is 2. The van der Waals surface area contributed by atoms with Crippen molar-refractivity contribution in [2.75, 3.05) is 12.0 Å². The lowest BCUT2D eigenvalue weighted by molar-refractivity contribution is 0.415. The third-order valence-electron chi connectivity index (χ3n) is 4.80. The maximum absolute atomic E-state index is 6.38. The molecule has 1 saturated heterocycles. The summed E-state index contributed by atoms with van der Waals surface area (Å²) < 4.78 is 7.39. The van der Waals surface area contributed by atoms with Crippen LogP contribution >= 0.6 is 23.8 Å². The summed E-state index contributed by atoms with van der Waals surface area (Å²) in [6.07, 6.45) is 3.83. The number of pyridine rings is 1. The predicted molar refractivity (Wildman–Crippen MR) is 111 cm³/mol. The SMILES string of the molecule is COc1ccc(N2C(=S)N[C@@H](c3ccccn3)[C@H]2c2cccn2C)cc1Cl. The fourth-order valence-electron chi connectivity index (χ4n) is 3.52. The van der Waals surface area contributed by atoms with Crippen LogP contribution in [-0.4, -0.2) is 21.8 Å². The van der Waals surface area contributed by atoms with E-state index in [-0.39, 0.29) is 12.1 Å². The Bertz CT molecular complexity index is 975. The summed E-state index contributed by atoms with van der Waals surface area (Å²) in [6.45, 7) is 0. The molecule has 0 spiro atoms. The number of nitrogens with zero attached hydrogens (tertiary/aromatic N) is 3. The van der Waals surface area contributed by atoms with Crippen LogP contribution in [0.5, 0.6) is 5.75 Å². The first-order valence-corrected chi connectivity index (χ1v) is 9.34. The predicted octanol–water partition coefficient (Wildman–Crippen LogP) is 4.26. The minimum Gasteiger partial charge on any atom is -0.495 e. The molecule has 0 aliphatic carbocycles. The highest BCUT2D eigenvalue weighted by Crippen LogP contribution is 2.42. The zero-order chi connectivity index (χ0) is 19.0. The summed E-state index contributed by atoms with van der Waals surface area (Å²) in [4.78, 5) is 6.65. The van der Waals surface area contributed by atoms with Gasteiger partial charge in [0, 0.05) is 30.8 Å². The Morgan fingerprint density at radius 2 is 2.04 bits per heavy atom. The number of methoxy groups -OCH3 is 1. The molecule has 27 heavy (non-hydrogen) atoms. The zero-order valence-corrected chi connectivity index (χ0v) is 16.5. The van der Waals surface area contributed by atoms with E-state index in [1.54, 1.807) is 13.3 Å². The van der Waals surface area contributed by atoms with Gasteiger partial charge in [0.05, 0.1) is 23.9 Å². The van der Waals surface area contributed by atoms with Crippen LogP contribution in [0.4, 0.5) is 5.69 Å². The molecule has 2 aromatic heterocycles. The largest absolute Gasteiger partial charge is 0.495 e. The second-order valence-electron chi connectivity index (χ2n) is 6.36. The van der Waals surface area contributed by atoms with Crippen molar-refractivity contribution >= 4 is 34.6 Å². The van der Waals surface area contributed by atoms with E-state index in [9.17, 15) is 0 Å². The van der Waals surface area contributed by atoms with E-state index in [0.717, 1.165) is 17.1 Å². The number of halogens is 1. The van der Waals surface area contributed by atoms with E-state index in [0.29, 0.717) is 15.9 Å². The van der Waals surface area contributed by atoms with Gasteiger partial charge in [0.25, 0.3) is 0 Å². The monoisotopic (exact) mass is 398 g/mol. The molecule has 0 unspecified atom stereocenters. The standard InChI is InChI=1S/C20H19ClN4OS/c1-24-11-5-7-16(24)19-18(15-6-3-4-10-22-15)23-20(27)25(19)13-8-9-17(26-2)14(21)12-13/h3-12,18-19H,1-2H3,(H,23,27)/t18-,19+/m0/s1. The molecular formula is C20H19ClN4OS. The van der Waals surface area contributed by atoms with Crippen molar-refractivity contribution in [1.82, 2.24) is 14.9 Å². The first-order chi connectivity index (χ1) is 13.1. The molecule has 1 aliphatic rings. The lowest BCUT2D eigenvalue weighted by Crippen LogP contribution is -2.30. The van der Waals surface area contributed by atoms with Crippen molar-refractivity contribution < 1.29 is 4.74 Å². The van der Waals surface area contributed by atoms with Crippen molar-refractivity contribution in [2.24, 2.45) is 7.05 Å². The number of ether oxygens (including phenoxy) is 1. The van der Waals surface area contributed by atoms with Crippen LogP contribution in [-0.2, 0) is 7.05 Å². The Labute approximate surface area is 168 Å². The number of hydrogen-bond donors (Lipinski definition) is 1. The third-order valence-corrected chi connectivity index (χ3v) is 5.41. The van der Waals surface area contributed by atoms with E-state index in [1.807, 2.05) is 55.7 Å². The van der Waals surface area contributed by atoms with Gasteiger partial charge in [-0.15, -0.1) is 0 Å². The lowest BCUT2D eigenvalue weighted by Gasteiger charge is -2.28. The molecule has 0 amide bonds. The molecule has 3 aromatic rings. The quantitative estimate of drug-likeness (QED) is 0.665. The molecule has 7 heteroatoms. The van der Waals surface area contributed by atoms with Gasteiger partial charge >= 0.3 is 0 Å². The van der Waals surface area contributed by atoms with E-state index < -0.39 is 0 Å². The molecule has 4 rings (SSSR count). The molecule has 1 aliphatic heterocycles. The highest BCUT2D eigenvalue weighted by molar-refractivity contribution is 7.80. The molecule has 5 nitrogen and oxygen atoms in total. The third kappa shape index (κ3) is 3.15. The second-order valence-corrected chi connectivity index (χ2v) is 7.15. The van der Waals surface area contributed by atoms with Crippen molar-refractivity contribution in [3.63, 3.8) is 0 Å². The van der Waals surface area contributed by atoms with Crippen molar-refractivity contribution in [2.45, 2.75) is 12.1 Å². The Morgan fingerprint density at radius 1 is 1.19 bits per heavy atom. The van der Waals surface area contributed by atoms with Gasteiger partial charge < -0.3 is 19.5 Å². The van der Waals surface area contributed by atoms with E-state index in [4.69, 9.17) is 28.6 Å². The smallest absolute Gasteiger partial charge is 0.174 e. The topological polar surface area (TPSA) is 42.3 Å². The first kappa shape index (κ1) is 17.8. The number of thiocarbonyl (C=S) groups is 1. The van der Waals surface area contributed by atoms with Crippen LogP contribution < -0.4 is 15.0 Å². The summed E-state index contributed by atoms with van der Waals surface area (Å²) in [5, 5.41) is 4.62. The van der Waals surface area contributed by atoms with Gasteiger partial charge in [0.2, 0.25) is 0 Å². The van der Waals surface area contributed by atoms with Crippen molar-refractivity contribution in [1.29, 1.82) is 0 Å². The van der Waals surface area contributed by atoms with Crippen molar-refractivity contribution in [3.05, 3.63) is 77.3 Å². The average Bonchev–Trinajstić information content (AvgIpc) is 3.25. The average molecular weight is 399 g/mol. The van der Waals surface area contributed by atoms with Gasteiger partial charge in [0.1, 0.15) is 11.8 Å². The second kappa shape index (κ2) is 7.21. The molecular weight excluding hydrogens is 380 g/mol. The zero-order valence-electron chi connectivity index (χ0n) is 15.0. The van der Waals surface area contributed by atoms with Gasteiger partial charge in [0.15, 0.2) is 5.11 Å². The number of hydrogen-bond acceptors (Lipinski definition) is 3. The maximum Gasteiger partial charge on any atom is 0.174 e. The van der Waals surface area contributed by atoms with Crippen LogP contribution in [0.25, 0.3) is 0 Å². The summed E-state index contributed by atoms with van der Waals surface area (Å²) in [6, 6.07) is 15.6. The summed E-state index contributed by atoms with van der Waals surface area (Å²) >= 11 is 12.1. The highest BCUT2D eigenvalue weighted by Gasteiger charge is 2.41. The number of aryl methyl sites for hydroxylation is 1. The highest BCUT2D eigenvalue weighted by atomic mass is 35.5. The molecule has 1 fully saturated rings. The Balaban J connectivity index is 1.83. The number of nitrogens with one attached hydrogen (secondary N) is 1. The first-order valence-electron chi connectivity index (χ1n) is 8.55.